The number of carbonyl (C=O) groups excluding carboxylic acids is 2. The molecular weight excluding hydrogens is 552 g/mol. The summed E-state index contributed by atoms with van der Waals surface area (Å²) in [7, 11) is 0. The second-order valence-corrected chi connectivity index (χ2v) is 10.5. The molecule has 0 aliphatic heterocycles. The third kappa shape index (κ3) is 8.83. The van der Waals surface area contributed by atoms with Crippen LogP contribution in [0, 0.1) is 0 Å². The van der Waals surface area contributed by atoms with E-state index in [2.05, 4.69) is 25.6 Å². The fourth-order valence-electron chi connectivity index (χ4n) is 4.38. The lowest BCUT2D eigenvalue weighted by Crippen LogP contribution is -2.44. The van der Waals surface area contributed by atoms with Crippen LogP contribution in [0.15, 0.2) is 88.2 Å². The summed E-state index contributed by atoms with van der Waals surface area (Å²) in [6.07, 6.45) is 5.02. The van der Waals surface area contributed by atoms with Crippen LogP contribution in [0.4, 0.5) is 5.82 Å². The zero-order chi connectivity index (χ0) is 29.7. The van der Waals surface area contributed by atoms with Gasteiger partial charge in [0.15, 0.2) is 16.8 Å². The first-order valence-electron chi connectivity index (χ1n) is 13.6. The number of benzene rings is 2. The summed E-state index contributed by atoms with van der Waals surface area (Å²) in [5.74, 6) is -0.677. The highest BCUT2D eigenvalue weighted by Gasteiger charge is 2.24. The molecule has 1 amide bonds. The van der Waals surface area contributed by atoms with E-state index in [1.165, 1.54) is 22.1 Å². The topological polar surface area (TPSA) is 170 Å². The Hall–Kier alpha value is -4.84. The maximum absolute atomic E-state index is 13.6. The molecule has 11 nitrogen and oxygen atoms in total. The first-order valence-corrected chi connectivity index (χ1v) is 14.5. The van der Waals surface area contributed by atoms with Crippen LogP contribution in [0.25, 0.3) is 0 Å². The Kier molecular flexibility index (Phi) is 10.9. The maximum Gasteiger partial charge on any atom is 0.293 e. The molecule has 0 saturated heterocycles. The molecule has 0 saturated carbocycles. The molecule has 0 aliphatic carbocycles. The molecule has 0 radical (unpaired) electrons. The molecule has 6 N–H and O–H groups in total. The number of aliphatic imine (C=N–C) groups is 1. The minimum atomic E-state index is -0.851. The van der Waals surface area contributed by atoms with E-state index in [0.29, 0.717) is 44.5 Å². The number of thiazole rings is 1. The van der Waals surface area contributed by atoms with Crippen LogP contribution in [0.1, 0.15) is 39.5 Å². The minimum absolute atomic E-state index is 0.0435. The van der Waals surface area contributed by atoms with Gasteiger partial charge in [-0.1, -0.05) is 60.7 Å². The second kappa shape index (κ2) is 15.2. The van der Waals surface area contributed by atoms with E-state index in [1.807, 2.05) is 60.7 Å². The lowest BCUT2D eigenvalue weighted by molar-refractivity contribution is -0.122. The van der Waals surface area contributed by atoms with Crippen molar-refractivity contribution in [3.05, 3.63) is 111 Å². The summed E-state index contributed by atoms with van der Waals surface area (Å²) in [4.78, 5) is 52.5. The van der Waals surface area contributed by atoms with Gasteiger partial charge in [0.05, 0.1) is 6.04 Å². The number of ketones is 1. The zero-order valence-corrected chi connectivity index (χ0v) is 23.9. The summed E-state index contributed by atoms with van der Waals surface area (Å²) in [5.41, 5.74) is 13.1. The molecule has 2 aromatic heterocycles. The maximum atomic E-state index is 13.6. The third-order valence-corrected chi connectivity index (χ3v) is 7.24. The van der Waals surface area contributed by atoms with Gasteiger partial charge in [0.25, 0.3) is 5.56 Å². The molecule has 4 rings (SSSR count). The number of rotatable bonds is 15. The van der Waals surface area contributed by atoms with Gasteiger partial charge in [-0.25, -0.2) is 9.97 Å². The van der Waals surface area contributed by atoms with Crippen molar-refractivity contribution in [3.8, 4) is 0 Å². The number of nitrogens with two attached hydrogens (primary N) is 2. The summed E-state index contributed by atoms with van der Waals surface area (Å²) in [5, 5.41) is 7.92. The molecule has 0 fully saturated rings. The van der Waals surface area contributed by atoms with Crippen molar-refractivity contribution in [3.63, 3.8) is 0 Å². The van der Waals surface area contributed by atoms with Crippen LogP contribution in [-0.2, 0) is 24.2 Å². The van der Waals surface area contributed by atoms with E-state index in [1.54, 1.807) is 11.6 Å². The molecular formula is C30H34N8O3S. The number of hydrogen-bond donors (Lipinski definition) is 4. The van der Waals surface area contributed by atoms with Crippen LogP contribution >= 0.6 is 11.3 Å². The Bertz CT molecular complexity index is 1540. The Morgan fingerprint density at radius 1 is 1.00 bits per heavy atom. The molecule has 2 aromatic carbocycles. The molecule has 1 atom stereocenters. The van der Waals surface area contributed by atoms with Gasteiger partial charge in [-0.15, -0.1) is 11.3 Å². The average Bonchev–Trinajstić information content (AvgIpc) is 3.53. The van der Waals surface area contributed by atoms with E-state index in [0.717, 1.165) is 11.1 Å². The quantitative estimate of drug-likeness (QED) is 0.0712. The smallest absolute Gasteiger partial charge is 0.293 e. The number of anilines is 1. The molecule has 0 spiro atoms. The monoisotopic (exact) mass is 586 g/mol. The third-order valence-electron chi connectivity index (χ3n) is 6.46. The first-order chi connectivity index (χ1) is 20.4. The van der Waals surface area contributed by atoms with Gasteiger partial charge in [0.1, 0.15) is 6.54 Å². The van der Waals surface area contributed by atoms with Crippen molar-refractivity contribution >= 4 is 34.8 Å². The van der Waals surface area contributed by atoms with Crippen LogP contribution < -0.4 is 27.7 Å². The number of Topliss-reactive ketones (excluding diaryl/α,β-unsaturated/α-hetero) is 1. The van der Waals surface area contributed by atoms with Gasteiger partial charge in [0, 0.05) is 43.0 Å². The molecule has 4 aromatic rings. The predicted molar refractivity (Wildman–Crippen MR) is 165 cm³/mol. The standard InChI is InChI=1S/C30H34N8O3S/c31-30(32)35-14-7-12-24(26(40)28-34-16-17-42-28)37-25(39)20-38-23(18-22-10-5-2-6-11-22)19-36-27(29(38)41)33-15-13-21-8-3-1-4-9-21/h1-6,8-11,16-17,19,24H,7,12-15,18,20H2,(H,33,36)(H,37,39)(H4,31,32,35). The lowest BCUT2D eigenvalue weighted by Gasteiger charge is -2.19. The summed E-state index contributed by atoms with van der Waals surface area (Å²) in [6.45, 7) is 0.520. The Morgan fingerprint density at radius 2 is 1.71 bits per heavy atom. The number of nitrogens with one attached hydrogen (secondary N) is 2. The van der Waals surface area contributed by atoms with Crippen molar-refractivity contribution < 1.29 is 9.59 Å². The van der Waals surface area contributed by atoms with E-state index < -0.39 is 17.5 Å². The molecule has 0 bridgehead atoms. The number of carbonyl (C=O) groups is 2. The normalized spacial score (nSPS) is 11.4. The van der Waals surface area contributed by atoms with Gasteiger partial charge in [-0.3, -0.25) is 23.9 Å². The highest BCUT2D eigenvalue weighted by atomic mass is 32.1. The molecule has 42 heavy (non-hydrogen) atoms. The Labute approximate surface area is 247 Å². The summed E-state index contributed by atoms with van der Waals surface area (Å²) < 4.78 is 1.41. The predicted octanol–water partition coefficient (Wildman–Crippen LogP) is 2.37. The fraction of sp³-hybridized carbons (Fsp3) is 0.267. The zero-order valence-electron chi connectivity index (χ0n) is 23.1. The first kappa shape index (κ1) is 30.1. The summed E-state index contributed by atoms with van der Waals surface area (Å²) >= 11 is 1.20. The van der Waals surface area contributed by atoms with Crippen LogP contribution in [0.3, 0.4) is 0 Å². The van der Waals surface area contributed by atoms with Crippen LogP contribution in [-0.4, -0.2) is 51.3 Å². The van der Waals surface area contributed by atoms with Crippen LogP contribution in [0.5, 0.6) is 0 Å². The van der Waals surface area contributed by atoms with Crippen molar-refractivity contribution in [1.29, 1.82) is 0 Å². The molecule has 1 unspecified atom stereocenters. The number of nitrogens with zero attached hydrogens (tertiary/aromatic N) is 4. The van der Waals surface area contributed by atoms with Crippen molar-refractivity contribution in [2.45, 2.75) is 38.3 Å². The van der Waals surface area contributed by atoms with Crippen LogP contribution in [0.2, 0.25) is 0 Å². The Morgan fingerprint density at radius 3 is 2.38 bits per heavy atom. The number of hydrogen-bond acceptors (Lipinski definition) is 8. The molecule has 12 heteroatoms. The van der Waals surface area contributed by atoms with Gasteiger partial charge in [-0.2, -0.15) is 0 Å². The largest absolute Gasteiger partial charge is 0.370 e. The number of guanidine groups is 1. The highest BCUT2D eigenvalue weighted by molar-refractivity contribution is 7.11. The van der Waals surface area contributed by atoms with Gasteiger partial charge >= 0.3 is 0 Å². The summed E-state index contributed by atoms with van der Waals surface area (Å²) in [6, 6.07) is 18.7. The van der Waals surface area contributed by atoms with E-state index in [9.17, 15) is 14.4 Å². The fourth-order valence-corrected chi connectivity index (χ4v) is 5.01. The van der Waals surface area contributed by atoms with Crippen molar-refractivity contribution in [2.75, 3.05) is 18.4 Å². The lowest BCUT2D eigenvalue weighted by atomic mass is 10.1. The molecule has 218 valence electrons. The van der Waals surface area contributed by atoms with Gasteiger partial charge < -0.3 is 22.1 Å². The van der Waals surface area contributed by atoms with E-state index in [4.69, 9.17) is 11.5 Å². The van der Waals surface area contributed by atoms with Crippen molar-refractivity contribution in [2.24, 2.45) is 16.5 Å². The van der Waals surface area contributed by atoms with Crippen molar-refractivity contribution in [1.82, 2.24) is 19.9 Å². The SMILES string of the molecule is NC(N)=NCCCC(NC(=O)Cn1c(Cc2ccccc2)cnc(NCCc2ccccc2)c1=O)C(=O)c1nccs1. The number of aromatic nitrogens is 3. The minimum Gasteiger partial charge on any atom is -0.370 e. The molecule has 2 heterocycles. The van der Waals surface area contributed by atoms with E-state index in [-0.39, 0.29) is 29.1 Å². The van der Waals surface area contributed by atoms with E-state index >= 15 is 0 Å². The Balaban J connectivity index is 1.53. The second-order valence-electron chi connectivity index (χ2n) is 9.58. The van der Waals surface area contributed by atoms with Gasteiger partial charge in [-0.05, 0) is 30.4 Å². The molecule has 0 aliphatic rings. The highest BCUT2D eigenvalue weighted by Crippen LogP contribution is 2.13. The number of amides is 1. The van der Waals surface area contributed by atoms with Gasteiger partial charge in [0.2, 0.25) is 11.7 Å². The average molecular weight is 587 g/mol.